The maximum absolute atomic E-state index is 2.70. The Labute approximate surface area is 126 Å². The highest BCUT2D eigenvalue weighted by molar-refractivity contribution is 14.1. The van der Waals surface area contributed by atoms with Gasteiger partial charge >= 0.3 is 0 Å². The molecule has 2 fully saturated rings. The first-order chi connectivity index (χ1) is 8.63. The van der Waals surface area contributed by atoms with Gasteiger partial charge in [-0.25, -0.2) is 3.11 Å². The number of nitrogens with zero attached hydrogens (tertiary/aromatic N) is 3. The summed E-state index contributed by atoms with van der Waals surface area (Å²) in [7, 11) is 0. The van der Waals surface area contributed by atoms with Gasteiger partial charge in [0.25, 0.3) is 0 Å². The van der Waals surface area contributed by atoms with E-state index in [9.17, 15) is 0 Å². The summed E-state index contributed by atoms with van der Waals surface area (Å²) in [5.74, 6) is 1.76. The smallest absolute Gasteiger partial charge is 0.0201 e. The van der Waals surface area contributed by atoms with Gasteiger partial charge in [0, 0.05) is 75.2 Å². The molecule has 3 nitrogen and oxygen atoms in total. The summed E-state index contributed by atoms with van der Waals surface area (Å²) in [6.45, 7) is 15.0. The van der Waals surface area contributed by atoms with E-state index in [2.05, 4.69) is 49.6 Å². The highest BCUT2D eigenvalue weighted by Gasteiger charge is 2.23. The molecular weight excluding hydrogens is 337 g/mol. The summed E-state index contributed by atoms with van der Waals surface area (Å²) in [5.41, 5.74) is 0. The van der Waals surface area contributed by atoms with Gasteiger partial charge in [-0.05, 0) is 24.7 Å². The van der Waals surface area contributed by atoms with Crippen LogP contribution in [-0.4, -0.2) is 65.3 Å². The molecular formula is C14H28IN3. The number of halogens is 1. The lowest BCUT2D eigenvalue weighted by atomic mass is 9.97. The van der Waals surface area contributed by atoms with E-state index in [1.54, 1.807) is 0 Å². The Morgan fingerprint density at radius 3 is 2.06 bits per heavy atom. The monoisotopic (exact) mass is 365 g/mol. The molecule has 106 valence electrons. The second-order valence-corrected chi connectivity index (χ2v) is 7.71. The molecule has 0 radical (unpaired) electrons. The third-order valence-electron chi connectivity index (χ3n) is 4.16. The van der Waals surface area contributed by atoms with E-state index < -0.39 is 0 Å². The van der Waals surface area contributed by atoms with Crippen LogP contribution in [0, 0.1) is 11.8 Å². The maximum Gasteiger partial charge on any atom is 0.0201 e. The SMILES string of the molecule is CC(C)CN1CCN(CC2CCN(I)CC2)CC1. The molecule has 4 heteroatoms. The summed E-state index contributed by atoms with van der Waals surface area (Å²) >= 11 is 2.46. The Hall–Kier alpha value is 0.610. The first-order valence-electron chi connectivity index (χ1n) is 7.49. The van der Waals surface area contributed by atoms with Crippen LogP contribution in [0.15, 0.2) is 0 Å². The minimum Gasteiger partial charge on any atom is -0.301 e. The van der Waals surface area contributed by atoms with Gasteiger partial charge in [-0.3, -0.25) is 0 Å². The predicted molar refractivity (Wildman–Crippen MR) is 86.0 cm³/mol. The van der Waals surface area contributed by atoms with Crippen molar-refractivity contribution in [1.29, 1.82) is 0 Å². The van der Waals surface area contributed by atoms with Gasteiger partial charge in [-0.1, -0.05) is 13.8 Å². The molecule has 0 unspecified atom stereocenters. The largest absolute Gasteiger partial charge is 0.301 e. The number of piperidine rings is 1. The second kappa shape index (κ2) is 7.41. The third-order valence-corrected chi connectivity index (χ3v) is 5.13. The van der Waals surface area contributed by atoms with E-state index in [1.165, 1.54) is 65.2 Å². The van der Waals surface area contributed by atoms with Crippen LogP contribution in [0.5, 0.6) is 0 Å². The van der Waals surface area contributed by atoms with E-state index in [0.717, 1.165) is 11.8 Å². The van der Waals surface area contributed by atoms with Gasteiger partial charge < -0.3 is 9.80 Å². The molecule has 2 heterocycles. The van der Waals surface area contributed by atoms with Gasteiger partial charge in [0.05, 0.1) is 0 Å². The zero-order valence-corrected chi connectivity index (χ0v) is 14.1. The first-order valence-corrected chi connectivity index (χ1v) is 8.45. The van der Waals surface area contributed by atoms with Crippen LogP contribution in [0.4, 0.5) is 0 Å². The summed E-state index contributed by atoms with van der Waals surface area (Å²) < 4.78 is 2.44. The van der Waals surface area contributed by atoms with Gasteiger partial charge in [0.15, 0.2) is 0 Å². The van der Waals surface area contributed by atoms with E-state index in [4.69, 9.17) is 0 Å². The van der Waals surface area contributed by atoms with Crippen molar-refractivity contribution in [2.45, 2.75) is 26.7 Å². The molecule has 0 atom stereocenters. The fraction of sp³-hybridized carbons (Fsp3) is 1.00. The predicted octanol–water partition coefficient (Wildman–Crippen LogP) is 2.32. The number of hydrogen-bond donors (Lipinski definition) is 0. The van der Waals surface area contributed by atoms with Crippen LogP contribution in [0.2, 0.25) is 0 Å². The van der Waals surface area contributed by atoms with Crippen molar-refractivity contribution in [3.8, 4) is 0 Å². The average Bonchev–Trinajstić information content (AvgIpc) is 2.34. The number of rotatable bonds is 4. The Bertz CT molecular complexity index is 231. The molecule has 0 N–H and O–H groups in total. The molecule has 0 aromatic rings. The molecule has 0 saturated carbocycles. The van der Waals surface area contributed by atoms with E-state index in [0.29, 0.717) is 0 Å². The molecule has 0 bridgehead atoms. The van der Waals surface area contributed by atoms with E-state index in [1.807, 2.05) is 0 Å². The number of hydrogen-bond acceptors (Lipinski definition) is 3. The summed E-state index contributed by atoms with van der Waals surface area (Å²) in [6.07, 6.45) is 2.80. The number of piperazine rings is 1. The summed E-state index contributed by atoms with van der Waals surface area (Å²) in [4.78, 5) is 5.33. The van der Waals surface area contributed by atoms with E-state index >= 15 is 0 Å². The van der Waals surface area contributed by atoms with Crippen molar-refractivity contribution in [2.75, 3.05) is 52.4 Å². The second-order valence-electron chi connectivity index (χ2n) is 6.35. The van der Waals surface area contributed by atoms with Gasteiger partial charge in [0.1, 0.15) is 0 Å². The van der Waals surface area contributed by atoms with Crippen LogP contribution in [0.25, 0.3) is 0 Å². The van der Waals surface area contributed by atoms with Gasteiger partial charge in [-0.15, -0.1) is 0 Å². The van der Waals surface area contributed by atoms with Crippen molar-refractivity contribution in [2.24, 2.45) is 11.8 Å². The zero-order valence-electron chi connectivity index (χ0n) is 11.9. The minimum atomic E-state index is 0.810. The Morgan fingerprint density at radius 2 is 1.50 bits per heavy atom. The average molecular weight is 365 g/mol. The maximum atomic E-state index is 2.70. The normalized spacial score (nSPS) is 26.0. The quantitative estimate of drug-likeness (QED) is 0.559. The summed E-state index contributed by atoms with van der Waals surface area (Å²) in [6, 6.07) is 0. The lowest BCUT2D eigenvalue weighted by Gasteiger charge is -2.38. The van der Waals surface area contributed by atoms with Crippen LogP contribution in [0.3, 0.4) is 0 Å². The van der Waals surface area contributed by atoms with Gasteiger partial charge in [0.2, 0.25) is 0 Å². The van der Waals surface area contributed by atoms with Crippen molar-refractivity contribution in [3.63, 3.8) is 0 Å². The molecule has 2 saturated heterocycles. The van der Waals surface area contributed by atoms with Crippen molar-refractivity contribution < 1.29 is 0 Å². The zero-order chi connectivity index (χ0) is 13.0. The Kier molecular flexibility index (Phi) is 6.18. The first kappa shape index (κ1) is 15.0. The fourth-order valence-electron chi connectivity index (χ4n) is 3.12. The molecule has 0 spiro atoms. The standard InChI is InChI=1S/C14H28IN3/c1-13(2)11-16-7-9-17(10-8-16)12-14-3-5-18(15)6-4-14/h13-14H,3-12H2,1-2H3. The minimum absolute atomic E-state index is 0.810. The van der Waals surface area contributed by atoms with E-state index in [-0.39, 0.29) is 0 Å². The topological polar surface area (TPSA) is 9.72 Å². The van der Waals surface area contributed by atoms with Crippen molar-refractivity contribution in [1.82, 2.24) is 12.9 Å². The summed E-state index contributed by atoms with van der Waals surface area (Å²) in [5, 5.41) is 0. The Balaban J connectivity index is 1.64. The fourth-order valence-corrected chi connectivity index (χ4v) is 3.68. The van der Waals surface area contributed by atoms with Crippen LogP contribution >= 0.6 is 22.9 Å². The Morgan fingerprint density at radius 1 is 0.944 bits per heavy atom. The molecule has 2 aliphatic heterocycles. The molecule has 2 rings (SSSR count). The highest BCUT2D eigenvalue weighted by atomic mass is 127. The lowest BCUT2D eigenvalue weighted by Crippen LogP contribution is -2.49. The van der Waals surface area contributed by atoms with Crippen LogP contribution < -0.4 is 0 Å². The molecule has 0 aromatic heterocycles. The molecule has 0 aliphatic carbocycles. The third kappa shape index (κ3) is 4.94. The van der Waals surface area contributed by atoms with Crippen LogP contribution in [-0.2, 0) is 0 Å². The van der Waals surface area contributed by atoms with Crippen molar-refractivity contribution in [3.05, 3.63) is 0 Å². The molecule has 2 aliphatic rings. The van der Waals surface area contributed by atoms with Gasteiger partial charge in [-0.2, -0.15) is 0 Å². The van der Waals surface area contributed by atoms with Crippen LogP contribution in [0.1, 0.15) is 26.7 Å². The van der Waals surface area contributed by atoms with Crippen molar-refractivity contribution >= 4 is 22.9 Å². The lowest BCUT2D eigenvalue weighted by molar-refractivity contribution is 0.100. The highest BCUT2D eigenvalue weighted by Crippen LogP contribution is 2.21. The molecule has 18 heavy (non-hydrogen) atoms. The molecule has 0 amide bonds. The molecule has 0 aromatic carbocycles.